The second kappa shape index (κ2) is 43.4. The molecule has 356 valence electrons. The lowest BCUT2D eigenvalue weighted by Gasteiger charge is -2.28. The second-order valence-electron chi connectivity index (χ2n) is 17.1. The van der Waals surface area contributed by atoms with Gasteiger partial charge in [0.25, 0.3) is 7.82 Å². The molecular formula is C52H90NO8P. The van der Waals surface area contributed by atoms with Crippen molar-refractivity contribution >= 4 is 19.8 Å². The largest absolute Gasteiger partial charge is 0.756 e. The molecule has 0 heterocycles. The summed E-state index contributed by atoms with van der Waals surface area (Å²) in [5, 5.41) is 0. The summed E-state index contributed by atoms with van der Waals surface area (Å²) in [5.41, 5.74) is 0. The molecule has 2 unspecified atom stereocenters. The molecule has 0 fully saturated rings. The average molecular weight is 888 g/mol. The number of ether oxygens (including phenoxy) is 2. The van der Waals surface area contributed by atoms with Gasteiger partial charge in [0.15, 0.2) is 6.10 Å². The molecule has 2 atom stereocenters. The molecule has 0 aliphatic heterocycles. The molecule has 0 aromatic rings. The van der Waals surface area contributed by atoms with Crippen molar-refractivity contribution in [2.45, 2.75) is 187 Å². The van der Waals surface area contributed by atoms with Crippen molar-refractivity contribution < 1.29 is 42.1 Å². The van der Waals surface area contributed by atoms with Crippen LogP contribution in [0.4, 0.5) is 0 Å². The third-order valence-corrected chi connectivity index (χ3v) is 10.9. The van der Waals surface area contributed by atoms with Gasteiger partial charge < -0.3 is 27.9 Å². The smallest absolute Gasteiger partial charge is 0.306 e. The van der Waals surface area contributed by atoms with Crippen LogP contribution in [0.2, 0.25) is 0 Å². The van der Waals surface area contributed by atoms with Gasteiger partial charge in [-0.2, -0.15) is 0 Å². The highest BCUT2D eigenvalue weighted by Crippen LogP contribution is 2.38. The van der Waals surface area contributed by atoms with E-state index in [0.717, 1.165) is 96.3 Å². The van der Waals surface area contributed by atoms with Crippen LogP contribution in [0.15, 0.2) is 85.1 Å². The number of rotatable bonds is 43. The van der Waals surface area contributed by atoms with Crippen molar-refractivity contribution in [1.82, 2.24) is 0 Å². The molecule has 10 heteroatoms. The predicted octanol–water partition coefficient (Wildman–Crippen LogP) is 13.7. The van der Waals surface area contributed by atoms with Crippen molar-refractivity contribution in [3.8, 4) is 0 Å². The van der Waals surface area contributed by atoms with E-state index >= 15 is 0 Å². The topological polar surface area (TPSA) is 111 Å². The summed E-state index contributed by atoms with van der Waals surface area (Å²) in [7, 11) is 1.13. The van der Waals surface area contributed by atoms with Crippen LogP contribution in [0, 0.1) is 0 Å². The van der Waals surface area contributed by atoms with Crippen LogP contribution in [0.3, 0.4) is 0 Å². The number of phosphoric ester groups is 1. The van der Waals surface area contributed by atoms with E-state index in [1.54, 1.807) is 0 Å². The molecule has 62 heavy (non-hydrogen) atoms. The monoisotopic (exact) mass is 888 g/mol. The summed E-state index contributed by atoms with van der Waals surface area (Å²) < 4.78 is 34.0. The highest BCUT2D eigenvalue weighted by Gasteiger charge is 2.21. The molecule has 0 aromatic heterocycles. The molecule has 0 aliphatic rings. The van der Waals surface area contributed by atoms with E-state index in [4.69, 9.17) is 18.5 Å². The Hall–Kier alpha value is -2.81. The number of allylic oxidation sites excluding steroid dienone is 14. The van der Waals surface area contributed by atoms with Crippen LogP contribution >= 0.6 is 7.82 Å². The fraction of sp³-hybridized carbons (Fsp3) is 0.692. The van der Waals surface area contributed by atoms with E-state index < -0.39 is 32.5 Å². The molecule has 0 N–H and O–H groups in total. The summed E-state index contributed by atoms with van der Waals surface area (Å²) >= 11 is 0. The number of quaternary nitrogens is 1. The maximum absolute atomic E-state index is 12.7. The SMILES string of the molecule is CC/C=C\C/C=C\C/C=C\C/C=C\C/C=C\CCCCCCCC(=O)OC(COC(=O)CCCCCCCCC/C=C\C/C=C\CCCCC)COP(=O)([O-])OCC[N+](C)(C)C. The number of unbranched alkanes of at least 4 members (excludes halogenated alkanes) is 15. The number of esters is 2. The Labute approximate surface area is 380 Å². The lowest BCUT2D eigenvalue weighted by molar-refractivity contribution is -0.870. The number of hydrogen-bond donors (Lipinski definition) is 0. The first-order valence-electron chi connectivity index (χ1n) is 24.3. The minimum Gasteiger partial charge on any atom is -0.756 e. The van der Waals surface area contributed by atoms with Crippen molar-refractivity contribution in [1.29, 1.82) is 0 Å². The van der Waals surface area contributed by atoms with Gasteiger partial charge in [0.2, 0.25) is 0 Å². The van der Waals surface area contributed by atoms with Gasteiger partial charge in [-0.25, -0.2) is 0 Å². The summed E-state index contributed by atoms with van der Waals surface area (Å²) in [6.45, 7) is 4.05. The third kappa shape index (κ3) is 46.7. The Morgan fingerprint density at radius 1 is 0.516 bits per heavy atom. The lowest BCUT2D eigenvalue weighted by Crippen LogP contribution is -2.37. The third-order valence-electron chi connectivity index (χ3n) is 9.90. The van der Waals surface area contributed by atoms with Gasteiger partial charge in [0.1, 0.15) is 19.8 Å². The molecule has 0 radical (unpaired) electrons. The predicted molar refractivity (Wildman–Crippen MR) is 259 cm³/mol. The van der Waals surface area contributed by atoms with Gasteiger partial charge in [-0.05, 0) is 89.9 Å². The van der Waals surface area contributed by atoms with Crippen LogP contribution in [0.25, 0.3) is 0 Å². The highest BCUT2D eigenvalue weighted by molar-refractivity contribution is 7.45. The Morgan fingerprint density at radius 2 is 0.919 bits per heavy atom. The summed E-state index contributed by atoms with van der Waals surface area (Å²) in [5.74, 6) is -0.871. The number of nitrogens with zero attached hydrogens (tertiary/aromatic N) is 1. The highest BCUT2D eigenvalue weighted by atomic mass is 31.2. The molecule has 0 bridgehead atoms. The quantitative estimate of drug-likeness (QED) is 0.0196. The lowest BCUT2D eigenvalue weighted by atomic mass is 10.1. The molecular weight excluding hydrogens is 798 g/mol. The first-order chi connectivity index (χ1) is 30.0. The van der Waals surface area contributed by atoms with Gasteiger partial charge in [-0.15, -0.1) is 0 Å². The van der Waals surface area contributed by atoms with E-state index in [0.29, 0.717) is 23.9 Å². The zero-order valence-corrected chi connectivity index (χ0v) is 40.9. The fourth-order valence-electron chi connectivity index (χ4n) is 6.12. The van der Waals surface area contributed by atoms with Crippen LogP contribution in [0.1, 0.15) is 181 Å². The fourth-order valence-corrected chi connectivity index (χ4v) is 6.85. The van der Waals surface area contributed by atoms with Gasteiger partial charge in [-0.1, -0.05) is 163 Å². The molecule has 0 saturated carbocycles. The van der Waals surface area contributed by atoms with Crippen molar-refractivity contribution in [3.63, 3.8) is 0 Å². The van der Waals surface area contributed by atoms with Gasteiger partial charge in [0, 0.05) is 12.8 Å². The molecule has 0 aliphatic carbocycles. The van der Waals surface area contributed by atoms with Gasteiger partial charge in [0.05, 0.1) is 27.7 Å². The summed E-state index contributed by atoms with van der Waals surface area (Å²) in [4.78, 5) is 37.7. The van der Waals surface area contributed by atoms with Gasteiger partial charge >= 0.3 is 11.9 Å². The number of likely N-dealkylation sites (N-methyl/N-ethyl adjacent to an activating group) is 1. The summed E-state index contributed by atoms with van der Waals surface area (Å²) in [6.07, 6.45) is 56.0. The molecule has 0 amide bonds. The molecule has 0 aromatic carbocycles. The van der Waals surface area contributed by atoms with E-state index in [-0.39, 0.29) is 26.1 Å². The molecule has 0 spiro atoms. The van der Waals surface area contributed by atoms with Crippen LogP contribution in [0.5, 0.6) is 0 Å². The standard InChI is InChI=1S/C52H90NO8P/c1-6-8-10-12-14-16-18-20-22-24-25-26-27-29-31-33-35-37-39-41-43-45-52(55)61-50(49-60-62(56,57)59-47-46-53(3,4)5)48-58-51(54)44-42-40-38-36-34-32-30-28-23-21-19-17-15-13-11-9-7-2/h8,10,14-17,20-23,25-26,29,31,50H,6-7,9,11-13,18-19,24,27-28,30,32-49H2,1-5H3/b10-8-,16-14-,17-15-,22-20-,23-21-,26-25-,31-29-. The van der Waals surface area contributed by atoms with Crippen molar-refractivity contribution in [3.05, 3.63) is 85.1 Å². The minimum atomic E-state index is -4.64. The maximum atomic E-state index is 12.7. The van der Waals surface area contributed by atoms with Crippen LogP contribution in [-0.2, 0) is 32.7 Å². The van der Waals surface area contributed by atoms with Crippen molar-refractivity contribution in [2.75, 3.05) is 47.5 Å². The average Bonchev–Trinajstić information content (AvgIpc) is 3.23. The first kappa shape index (κ1) is 59.2. The van der Waals surface area contributed by atoms with E-state index in [1.807, 2.05) is 21.1 Å². The maximum Gasteiger partial charge on any atom is 0.306 e. The van der Waals surface area contributed by atoms with Crippen molar-refractivity contribution in [2.24, 2.45) is 0 Å². The van der Waals surface area contributed by atoms with E-state index in [2.05, 4.69) is 98.9 Å². The Bertz CT molecular complexity index is 1330. The van der Waals surface area contributed by atoms with E-state index in [1.165, 1.54) is 44.9 Å². The Kier molecular flexibility index (Phi) is 41.5. The number of carbonyl (C=O) groups excluding carboxylic acids is 2. The summed E-state index contributed by atoms with van der Waals surface area (Å²) in [6, 6.07) is 0. The Balaban J connectivity index is 4.37. The normalized spacial score (nSPS) is 14.2. The minimum absolute atomic E-state index is 0.0409. The number of phosphoric acid groups is 1. The zero-order chi connectivity index (χ0) is 45.7. The second-order valence-corrected chi connectivity index (χ2v) is 18.5. The zero-order valence-electron chi connectivity index (χ0n) is 40.0. The van der Waals surface area contributed by atoms with E-state index in [9.17, 15) is 19.0 Å². The number of carbonyl (C=O) groups is 2. The van der Waals surface area contributed by atoms with Crippen LogP contribution in [-0.4, -0.2) is 70.0 Å². The molecule has 9 nitrogen and oxygen atoms in total. The molecule has 0 rings (SSSR count). The van der Waals surface area contributed by atoms with Crippen LogP contribution < -0.4 is 4.89 Å². The Morgan fingerprint density at radius 3 is 1.37 bits per heavy atom. The van der Waals surface area contributed by atoms with Gasteiger partial charge in [-0.3, -0.25) is 14.2 Å². The number of hydrogen-bond acceptors (Lipinski definition) is 8. The first-order valence-corrected chi connectivity index (χ1v) is 25.8. The molecule has 0 saturated heterocycles.